The summed E-state index contributed by atoms with van der Waals surface area (Å²) in [5.74, 6) is 0. The molecule has 0 aliphatic heterocycles. The van der Waals surface area contributed by atoms with Crippen LogP contribution in [0.4, 0.5) is 0 Å². The highest BCUT2D eigenvalue weighted by Crippen LogP contribution is 2.30. The zero-order valence-electron chi connectivity index (χ0n) is 7.71. The van der Waals surface area contributed by atoms with Crippen LogP contribution in [0.15, 0.2) is 18.2 Å². The molecule has 0 aliphatic rings. The van der Waals surface area contributed by atoms with Crippen LogP contribution in [0.2, 0.25) is 0 Å². The molecule has 0 aliphatic carbocycles. The molecule has 3 heteroatoms. The van der Waals surface area contributed by atoms with Gasteiger partial charge in [-0.2, -0.15) is 0 Å². The monoisotopic (exact) mass is 268 g/mol. The first-order valence-corrected chi connectivity index (χ1v) is 6.23. The fraction of sp³-hybridized carbons (Fsp3) is 0.182. The number of halogens is 1. The average molecular weight is 269 g/mol. The standard InChI is InChI=1S/C11H9BrOS/c1-7-9-3-2-8(5-12)4-10(9)14-11(7)6-13/h2-4,6H,5H2,1H3. The molecule has 2 rings (SSSR count). The van der Waals surface area contributed by atoms with Gasteiger partial charge in [-0.25, -0.2) is 0 Å². The topological polar surface area (TPSA) is 17.1 Å². The Bertz CT molecular complexity index is 487. The molecule has 0 amide bonds. The van der Waals surface area contributed by atoms with Gasteiger partial charge in [0.1, 0.15) is 0 Å². The van der Waals surface area contributed by atoms with Gasteiger partial charge >= 0.3 is 0 Å². The van der Waals surface area contributed by atoms with E-state index in [0.29, 0.717) is 0 Å². The van der Waals surface area contributed by atoms with Crippen molar-refractivity contribution >= 4 is 43.6 Å². The number of alkyl halides is 1. The molecule has 0 bridgehead atoms. The maximum absolute atomic E-state index is 10.8. The molecule has 0 atom stereocenters. The summed E-state index contributed by atoms with van der Waals surface area (Å²) in [5.41, 5.74) is 2.34. The molecule has 1 nitrogen and oxygen atoms in total. The number of hydrogen-bond donors (Lipinski definition) is 0. The third-order valence-electron chi connectivity index (χ3n) is 2.30. The van der Waals surface area contributed by atoms with Gasteiger partial charge in [0.2, 0.25) is 0 Å². The number of benzene rings is 1. The summed E-state index contributed by atoms with van der Waals surface area (Å²) < 4.78 is 1.20. The maximum atomic E-state index is 10.8. The second kappa shape index (κ2) is 3.83. The minimum Gasteiger partial charge on any atom is -0.297 e. The van der Waals surface area contributed by atoms with E-state index in [0.717, 1.165) is 22.1 Å². The molecule has 1 aromatic heterocycles. The lowest BCUT2D eigenvalue weighted by atomic mass is 10.1. The lowest BCUT2D eigenvalue weighted by molar-refractivity contribution is 0.112. The molecule has 0 saturated carbocycles. The number of aryl methyl sites for hydroxylation is 1. The van der Waals surface area contributed by atoms with Crippen LogP contribution in [0.3, 0.4) is 0 Å². The lowest BCUT2D eigenvalue weighted by Crippen LogP contribution is -1.77. The summed E-state index contributed by atoms with van der Waals surface area (Å²) in [7, 11) is 0. The Morgan fingerprint density at radius 3 is 2.93 bits per heavy atom. The molecule has 1 aromatic carbocycles. The van der Waals surface area contributed by atoms with Crippen LogP contribution >= 0.6 is 27.3 Å². The van der Waals surface area contributed by atoms with Gasteiger partial charge in [0.15, 0.2) is 6.29 Å². The summed E-state index contributed by atoms with van der Waals surface area (Å²) in [4.78, 5) is 11.6. The summed E-state index contributed by atoms with van der Waals surface area (Å²) in [6.45, 7) is 2.00. The van der Waals surface area contributed by atoms with Gasteiger partial charge in [0.25, 0.3) is 0 Å². The fourth-order valence-electron chi connectivity index (χ4n) is 1.48. The Morgan fingerprint density at radius 2 is 2.29 bits per heavy atom. The first kappa shape index (κ1) is 9.87. The Labute approximate surface area is 94.9 Å². The smallest absolute Gasteiger partial charge is 0.160 e. The highest BCUT2D eigenvalue weighted by molar-refractivity contribution is 9.08. The summed E-state index contributed by atoms with van der Waals surface area (Å²) in [5, 5.41) is 2.05. The van der Waals surface area contributed by atoms with Gasteiger partial charge in [-0.1, -0.05) is 28.1 Å². The normalized spacial score (nSPS) is 10.7. The molecular formula is C11H9BrOS. The summed E-state index contributed by atoms with van der Waals surface area (Å²) >= 11 is 4.99. The fourth-order valence-corrected chi connectivity index (χ4v) is 2.92. The lowest BCUT2D eigenvalue weighted by Gasteiger charge is -1.95. The number of hydrogen-bond acceptors (Lipinski definition) is 2. The van der Waals surface area contributed by atoms with E-state index in [1.165, 1.54) is 15.6 Å². The summed E-state index contributed by atoms with van der Waals surface area (Å²) in [6.07, 6.45) is 0.938. The van der Waals surface area contributed by atoms with Crippen molar-refractivity contribution in [1.29, 1.82) is 0 Å². The first-order valence-electron chi connectivity index (χ1n) is 4.29. The maximum Gasteiger partial charge on any atom is 0.160 e. The van der Waals surface area contributed by atoms with Crippen LogP contribution in [-0.4, -0.2) is 6.29 Å². The zero-order chi connectivity index (χ0) is 10.1. The number of carbonyl (C=O) groups is 1. The van der Waals surface area contributed by atoms with Gasteiger partial charge in [0.05, 0.1) is 4.88 Å². The Hall–Kier alpha value is -0.670. The van der Waals surface area contributed by atoms with E-state index in [9.17, 15) is 4.79 Å². The molecule has 2 aromatic rings. The third-order valence-corrected chi connectivity index (χ3v) is 4.13. The Balaban J connectivity index is 2.72. The van der Waals surface area contributed by atoms with Gasteiger partial charge in [-0.15, -0.1) is 11.3 Å². The number of fused-ring (bicyclic) bond motifs is 1. The van der Waals surface area contributed by atoms with Crippen LogP contribution in [0, 0.1) is 6.92 Å². The molecule has 0 fully saturated rings. The van der Waals surface area contributed by atoms with E-state index in [4.69, 9.17) is 0 Å². The number of rotatable bonds is 2. The SMILES string of the molecule is Cc1c(C=O)sc2cc(CBr)ccc12. The largest absolute Gasteiger partial charge is 0.297 e. The predicted octanol–water partition coefficient (Wildman–Crippen LogP) is 3.92. The van der Waals surface area contributed by atoms with Crippen LogP contribution in [0.5, 0.6) is 0 Å². The second-order valence-corrected chi connectivity index (χ2v) is 4.82. The highest BCUT2D eigenvalue weighted by atomic mass is 79.9. The van der Waals surface area contributed by atoms with Gasteiger partial charge in [0, 0.05) is 10.0 Å². The van der Waals surface area contributed by atoms with Crippen molar-refractivity contribution in [2.24, 2.45) is 0 Å². The number of aldehydes is 1. The molecular weight excluding hydrogens is 260 g/mol. The molecule has 0 unspecified atom stereocenters. The van der Waals surface area contributed by atoms with Gasteiger partial charge < -0.3 is 0 Å². The van der Waals surface area contributed by atoms with Crippen LogP contribution < -0.4 is 0 Å². The highest BCUT2D eigenvalue weighted by Gasteiger charge is 2.07. The van der Waals surface area contributed by atoms with Crippen molar-refractivity contribution in [1.82, 2.24) is 0 Å². The minimum atomic E-state index is 0.840. The number of carbonyl (C=O) groups excluding carboxylic acids is 1. The molecule has 0 saturated heterocycles. The molecule has 0 spiro atoms. The minimum absolute atomic E-state index is 0.840. The van der Waals surface area contributed by atoms with E-state index in [1.807, 2.05) is 6.92 Å². The van der Waals surface area contributed by atoms with Crippen molar-refractivity contribution in [2.75, 3.05) is 0 Å². The predicted molar refractivity (Wildman–Crippen MR) is 64.6 cm³/mol. The molecule has 0 radical (unpaired) electrons. The van der Waals surface area contributed by atoms with Gasteiger partial charge in [-0.3, -0.25) is 4.79 Å². The quantitative estimate of drug-likeness (QED) is 0.596. The Morgan fingerprint density at radius 1 is 1.50 bits per heavy atom. The summed E-state index contributed by atoms with van der Waals surface area (Å²) in [6, 6.07) is 6.31. The van der Waals surface area contributed by atoms with E-state index < -0.39 is 0 Å². The van der Waals surface area contributed by atoms with Crippen LogP contribution in [0.1, 0.15) is 20.8 Å². The van der Waals surface area contributed by atoms with Crippen LogP contribution in [-0.2, 0) is 5.33 Å². The van der Waals surface area contributed by atoms with Crippen LogP contribution in [0.25, 0.3) is 10.1 Å². The van der Waals surface area contributed by atoms with Crippen molar-refractivity contribution in [3.05, 3.63) is 34.2 Å². The van der Waals surface area contributed by atoms with Crippen molar-refractivity contribution in [3.8, 4) is 0 Å². The average Bonchev–Trinajstić information content (AvgIpc) is 2.55. The molecule has 72 valence electrons. The van der Waals surface area contributed by atoms with E-state index in [-0.39, 0.29) is 0 Å². The zero-order valence-corrected chi connectivity index (χ0v) is 10.1. The Kier molecular flexibility index (Phi) is 2.70. The third kappa shape index (κ3) is 1.51. The van der Waals surface area contributed by atoms with Crippen molar-refractivity contribution < 1.29 is 4.79 Å². The second-order valence-electron chi connectivity index (χ2n) is 3.17. The molecule has 1 heterocycles. The first-order chi connectivity index (χ1) is 6.76. The van der Waals surface area contributed by atoms with E-state index in [2.05, 4.69) is 34.1 Å². The van der Waals surface area contributed by atoms with Crippen molar-refractivity contribution in [2.45, 2.75) is 12.3 Å². The molecule has 14 heavy (non-hydrogen) atoms. The number of thiophene rings is 1. The molecule has 0 N–H and O–H groups in total. The van der Waals surface area contributed by atoms with E-state index in [1.54, 1.807) is 11.3 Å². The van der Waals surface area contributed by atoms with Crippen molar-refractivity contribution in [3.63, 3.8) is 0 Å². The van der Waals surface area contributed by atoms with E-state index >= 15 is 0 Å². The van der Waals surface area contributed by atoms with Gasteiger partial charge in [-0.05, 0) is 29.5 Å².